The van der Waals surface area contributed by atoms with Crippen LogP contribution in [0.5, 0.6) is 11.5 Å². The predicted octanol–water partition coefficient (Wildman–Crippen LogP) is 5.00. The number of hydrogen-bond acceptors (Lipinski definition) is 4. The Labute approximate surface area is 170 Å². The van der Waals surface area contributed by atoms with E-state index in [4.69, 9.17) is 9.47 Å². The molecule has 2 amide bonds. The second-order valence-electron chi connectivity index (χ2n) is 6.39. The average molecular weight is 391 g/mol. The molecule has 150 valence electrons. The summed E-state index contributed by atoms with van der Waals surface area (Å²) in [5, 5.41) is 8.99. The predicted molar refractivity (Wildman–Crippen MR) is 117 cm³/mol. The van der Waals surface area contributed by atoms with Crippen LogP contribution in [0, 0.1) is 0 Å². The number of nitrogens with one attached hydrogen (secondary N) is 3. The van der Waals surface area contributed by atoms with E-state index in [1.165, 1.54) is 0 Å². The normalized spacial score (nSPS) is 10.1. The summed E-state index contributed by atoms with van der Waals surface area (Å²) < 4.78 is 10.6. The highest BCUT2D eigenvalue weighted by atomic mass is 16.5. The van der Waals surface area contributed by atoms with E-state index in [1.54, 1.807) is 14.2 Å². The molecule has 6 heteroatoms. The van der Waals surface area contributed by atoms with Crippen molar-refractivity contribution in [2.45, 2.75) is 6.42 Å². The number of carbonyl (C=O) groups excluding carboxylic acids is 1. The van der Waals surface area contributed by atoms with E-state index in [2.05, 4.69) is 16.0 Å². The molecule has 0 saturated carbocycles. The van der Waals surface area contributed by atoms with Crippen molar-refractivity contribution in [2.24, 2.45) is 0 Å². The maximum Gasteiger partial charge on any atom is 0.323 e. The van der Waals surface area contributed by atoms with Gasteiger partial charge in [0.05, 0.1) is 14.2 Å². The zero-order chi connectivity index (χ0) is 20.5. The van der Waals surface area contributed by atoms with Crippen LogP contribution in [-0.2, 0) is 6.42 Å². The van der Waals surface area contributed by atoms with Crippen LogP contribution in [0.3, 0.4) is 0 Å². The third-order valence-corrected chi connectivity index (χ3v) is 4.37. The van der Waals surface area contributed by atoms with Crippen molar-refractivity contribution in [3.63, 3.8) is 0 Å². The summed E-state index contributed by atoms with van der Waals surface area (Å²) in [4.78, 5) is 12.0. The molecule has 0 aliphatic carbocycles. The van der Waals surface area contributed by atoms with Crippen molar-refractivity contribution in [3.8, 4) is 11.5 Å². The van der Waals surface area contributed by atoms with Gasteiger partial charge in [-0.2, -0.15) is 0 Å². The van der Waals surface area contributed by atoms with E-state index in [0.717, 1.165) is 47.1 Å². The minimum absolute atomic E-state index is 0.273. The standard InChI is InChI=1S/C23H25N3O3/c1-28-21-13-8-17(16-22(21)29-2)14-15-24-18-9-11-20(12-10-18)26-23(27)25-19-6-4-3-5-7-19/h3-13,16,24H,14-15H2,1-2H3,(H2,25,26,27). The van der Waals surface area contributed by atoms with Gasteiger partial charge in [-0.25, -0.2) is 4.79 Å². The summed E-state index contributed by atoms with van der Waals surface area (Å²) in [6, 6.07) is 22.6. The first kappa shape index (κ1) is 20.1. The molecule has 3 rings (SSSR count). The number of amides is 2. The molecule has 0 fully saturated rings. The lowest BCUT2D eigenvalue weighted by atomic mass is 10.1. The Morgan fingerprint density at radius 3 is 2.03 bits per heavy atom. The number of rotatable bonds is 8. The Hall–Kier alpha value is -3.67. The summed E-state index contributed by atoms with van der Waals surface area (Å²) in [6.07, 6.45) is 0.847. The Balaban J connectivity index is 1.47. The second-order valence-corrected chi connectivity index (χ2v) is 6.39. The van der Waals surface area contributed by atoms with Gasteiger partial charge >= 0.3 is 6.03 Å². The van der Waals surface area contributed by atoms with Gasteiger partial charge < -0.3 is 25.4 Å². The molecular weight excluding hydrogens is 366 g/mol. The number of hydrogen-bond donors (Lipinski definition) is 3. The first-order valence-corrected chi connectivity index (χ1v) is 9.36. The van der Waals surface area contributed by atoms with E-state index >= 15 is 0 Å². The van der Waals surface area contributed by atoms with Crippen LogP contribution in [0.25, 0.3) is 0 Å². The third-order valence-electron chi connectivity index (χ3n) is 4.37. The van der Waals surface area contributed by atoms with Crippen LogP contribution in [-0.4, -0.2) is 26.8 Å². The maximum absolute atomic E-state index is 12.0. The van der Waals surface area contributed by atoms with Gasteiger partial charge in [-0.3, -0.25) is 0 Å². The molecule has 0 spiro atoms. The van der Waals surface area contributed by atoms with Crippen molar-refractivity contribution in [2.75, 3.05) is 36.7 Å². The lowest BCUT2D eigenvalue weighted by molar-refractivity contribution is 0.262. The van der Waals surface area contributed by atoms with E-state index in [1.807, 2.05) is 72.8 Å². The summed E-state index contributed by atoms with van der Waals surface area (Å²) >= 11 is 0. The molecule has 29 heavy (non-hydrogen) atoms. The molecule has 0 bridgehead atoms. The Morgan fingerprint density at radius 2 is 1.38 bits per heavy atom. The Bertz CT molecular complexity index is 928. The zero-order valence-corrected chi connectivity index (χ0v) is 16.6. The summed E-state index contributed by atoms with van der Waals surface area (Å²) in [7, 11) is 3.26. The van der Waals surface area contributed by atoms with Gasteiger partial charge in [-0.1, -0.05) is 24.3 Å². The highest BCUT2D eigenvalue weighted by Crippen LogP contribution is 2.27. The zero-order valence-electron chi connectivity index (χ0n) is 16.6. The number of anilines is 3. The molecule has 0 aliphatic heterocycles. The van der Waals surface area contributed by atoms with Gasteiger partial charge in [-0.05, 0) is 60.5 Å². The van der Waals surface area contributed by atoms with Crippen molar-refractivity contribution in [1.82, 2.24) is 0 Å². The van der Waals surface area contributed by atoms with Crippen molar-refractivity contribution in [1.29, 1.82) is 0 Å². The molecule has 3 N–H and O–H groups in total. The number of para-hydroxylation sites is 1. The van der Waals surface area contributed by atoms with Gasteiger partial charge in [0.25, 0.3) is 0 Å². The monoisotopic (exact) mass is 391 g/mol. The van der Waals surface area contributed by atoms with Crippen molar-refractivity contribution >= 4 is 23.1 Å². The van der Waals surface area contributed by atoms with Crippen molar-refractivity contribution in [3.05, 3.63) is 78.4 Å². The van der Waals surface area contributed by atoms with Gasteiger partial charge in [0, 0.05) is 23.6 Å². The largest absolute Gasteiger partial charge is 0.493 e. The van der Waals surface area contributed by atoms with E-state index in [0.29, 0.717) is 0 Å². The number of methoxy groups -OCH3 is 2. The number of ether oxygens (including phenoxy) is 2. The molecule has 3 aromatic carbocycles. The minimum atomic E-state index is -0.273. The highest BCUT2D eigenvalue weighted by Gasteiger charge is 2.05. The SMILES string of the molecule is COc1ccc(CCNc2ccc(NC(=O)Nc3ccccc3)cc2)cc1OC. The lowest BCUT2D eigenvalue weighted by Crippen LogP contribution is -2.19. The van der Waals surface area contributed by atoms with Gasteiger partial charge in [0.15, 0.2) is 11.5 Å². The summed E-state index contributed by atoms with van der Waals surface area (Å²) in [5.41, 5.74) is 3.62. The molecule has 0 unspecified atom stereocenters. The number of carbonyl (C=O) groups is 1. The molecule has 0 aliphatic rings. The molecule has 0 radical (unpaired) electrons. The minimum Gasteiger partial charge on any atom is -0.493 e. The fourth-order valence-corrected chi connectivity index (χ4v) is 2.87. The Kier molecular flexibility index (Phi) is 6.95. The number of benzene rings is 3. The first-order chi connectivity index (χ1) is 14.2. The summed E-state index contributed by atoms with van der Waals surface area (Å²) in [5.74, 6) is 1.46. The van der Waals surface area contributed by atoms with E-state index in [-0.39, 0.29) is 6.03 Å². The van der Waals surface area contributed by atoms with E-state index < -0.39 is 0 Å². The van der Waals surface area contributed by atoms with Gasteiger partial charge in [0.1, 0.15) is 0 Å². The molecule has 3 aromatic rings. The fourth-order valence-electron chi connectivity index (χ4n) is 2.87. The second kappa shape index (κ2) is 10.0. The smallest absolute Gasteiger partial charge is 0.323 e. The summed E-state index contributed by atoms with van der Waals surface area (Å²) in [6.45, 7) is 0.775. The fraction of sp³-hybridized carbons (Fsp3) is 0.174. The Morgan fingerprint density at radius 1 is 0.759 bits per heavy atom. The van der Waals surface area contributed by atoms with Crippen molar-refractivity contribution < 1.29 is 14.3 Å². The highest BCUT2D eigenvalue weighted by molar-refractivity contribution is 5.99. The van der Waals surface area contributed by atoms with Crippen LogP contribution in [0.1, 0.15) is 5.56 Å². The molecule has 0 atom stereocenters. The molecule has 0 aromatic heterocycles. The third kappa shape index (κ3) is 5.90. The van der Waals surface area contributed by atoms with Crippen LogP contribution >= 0.6 is 0 Å². The van der Waals surface area contributed by atoms with Crippen LogP contribution in [0.2, 0.25) is 0 Å². The van der Waals surface area contributed by atoms with Crippen LogP contribution < -0.4 is 25.4 Å². The lowest BCUT2D eigenvalue weighted by Gasteiger charge is -2.11. The first-order valence-electron chi connectivity index (χ1n) is 9.36. The van der Waals surface area contributed by atoms with Crippen LogP contribution in [0.15, 0.2) is 72.8 Å². The number of urea groups is 1. The topological polar surface area (TPSA) is 71.6 Å². The van der Waals surface area contributed by atoms with Gasteiger partial charge in [-0.15, -0.1) is 0 Å². The molecule has 0 saturated heterocycles. The van der Waals surface area contributed by atoms with E-state index in [9.17, 15) is 4.79 Å². The maximum atomic E-state index is 12.0. The molecule has 0 heterocycles. The quantitative estimate of drug-likeness (QED) is 0.505. The molecular formula is C23H25N3O3. The van der Waals surface area contributed by atoms with Crippen LogP contribution in [0.4, 0.5) is 21.9 Å². The van der Waals surface area contributed by atoms with Gasteiger partial charge in [0.2, 0.25) is 0 Å². The average Bonchev–Trinajstić information content (AvgIpc) is 2.75. The molecule has 6 nitrogen and oxygen atoms in total.